The molecule has 0 aromatic carbocycles. The zero-order valence-corrected chi connectivity index (χ0v) is 10.2. The second kappa shape index (κ2) is 6.06. The Bertz CT molecular complexity index is 243. The third kappa shape index (κ3) is 7.20. The van der Waals surface area contributed by atoms with Crippen LogP contribution in [-0.2, 0) is 14.9 Å². The molecule has 0 aromatic rings. The molecule has 0 fully saturated rings. The summed E-state index contributed by atoms with van der Waals surface area (Å²) in [5, 5.41) is 1.24. The first-order valence-corrected chi connectivity index (χ1v) is 4.53. The molecule has 68 valence electrons. The van der Waals surface area contributed by atoms with Crippen LogP contribution < -0.4 is 34.9 Å². The molecule has 0 aromatic heterocycles. The van der Waals surface area contributed by atoms with Crippen LogP contribution in [-0.4, -0.2) is 30.7 Å². The van der Waals surface area contributed by atoms with Crippen LogP contribution in [0.15, 0.2) is 0 Å². The molecule has 7 heteroatoms. The van der Waals surface area contributed by atoms with E-state index in [4.69, 9.17) is 4.55 Å². The van der Waals surface area contributed by atoms with Crippen molar-refractivity contribution < 1.29 is 48.7 Å². The Balaban J connectivity index is -0.000000500. The normalized spacial score (nSPS) is 13.2. The Morgan fingerprint density at radius 1 is 1.67 bits per heavy atom. The van der Waals surface area contributed by atoms with Crippen LogP contribution in [0.4, 0.5) is 0 Å². The Morgan fingerprint density at radius 3 is 2.33 bits per heavy atom. The second-order valence-electron chi connectivity index (χ2n) is 2.24. The molecule has 5 nitrogen and oxygen atoms in total. The predicted octanol–water partition coefficient (Wildman–Crippen LogP) is -3.48. The van der Waals surface area contributed by atoms with Crippen molar-refractivity contribution in [3.05, 3.63) is 0 Å². The Hall–Kier alpha value is 0.540. The van der Waals surface area contributed by atoms with Crippen LogP contribution in [0.2, 0.25) is 0 Å². The van der Waals surface area contributed by atoms with Crippen LogP contribution in [0.5, 0.6) is 0 Å². The van der Waals surface area contributed by atoms with Gasteiger partial charge in [0.25, 0.3) is 10.1 Å². The third-order valence-electron chi connectivity index (χ3n) is 1.09. The van der Waals surface area contributed by atoms with Gasteiger partial charge < -0.3 is 1.43 Å². The van der Waals surface area contributed by atoms with Gasteiger partial charge in [-0.05, 0) is 13.8 Å². The molecule has 0 saturated heterocycles. The summed E-state index contributed by atoms with van der Waals surface area (Å²) in [4.78, 5) is 10.3. The van der Waals surface area contributed by atoms with E-state index in [1.54, 1.807) is 0 Å². The topological polar surface area (TPSA) is 83.5 Å². The van der Waals surface area contributed by atoms with E-state index in [0.717, 1.165) is 0 Å². The summed E-state index contributed by atoms with van der Waals surface area (Å²) in [5.41, 5.74) is 0. The number of carbonyl (C=O) groups excluding carboxylic acids is 1. The summed E-state index contributed by atoms with van der Waals surface area (Å²) < 4.78 is 29.0. The van der Waals surface area contributed by atoms with Gasteiger partial charge in [-0.2, -0.15) is 8.42 Å². The molecule has 2 N–H and O–H groups in total. The number of hydrogen-bond donors (Lipinski definition) is 2. The van der Waals surface area contributed by atoms with Crippen molar-refractivity contribution >= 4 is 15.9 Å². The maximum absolute atomic E-state index is 10.3. The van der Waals surface area contributed by atoms with Crippen molar-refractivity contribution in [2.45, 2.75) is 19.2 Å². The quantitative estimate of drug-likeness (QED) is 0.368. The number of carbonyl (C=O) groups is 1. The molecular weight excluding hydrogens is 193 g/mol. The molecule has 12 heavy (non-hydrogen) atoms. The summed E-state index contributed by atoms with van der Waals surface area (Å²) in [7, 11) is -4.06. The van der Waals surface area contributed by atoms with Crippen LogP contribution in [0.25, 0.3) is 0 Å². The van der Waals surface area contributed by atoms with E-state index in [1.165, 1.54) is 13.8 Å². The van der Waals surface area contributed by atoms with Gasteiger partial charge in [-0.1, -0.05) is 0 Å². The molecular formula is C5H12NNaO4S. The van der Waals surface area contributed by atoms with E-state index in [2.05, 4.69) is 5.32 Å². The minimum atomic E-state index is -4.06. The molecule has 0 aliphatic heterocycles. The fourth-order valence-electron chi connectivity index (χ4n) is 0.393. The van der Waals surface area contributed by atoms with Gasteiger partial charge in [0.2, 0.25) is 0 Å². The Morgan fingerprint density at radius 2 is 2.08 bits per heavy atom. The molecule has 0 amide bonds. The van der Waals surface area contributed by atoms with Crippen LogP contribution in [0, 0.1) is 0 Å². The standard InChI is InChI=1S/C5H11NO4S.Na.H/c1-4(7)3-6-5(2)11(8,9)10;;/h5-6H,3H2,1-2H3,(H,8,9,10);;/q;+1;-1. The van der Waals surface area contributed by atoms with Gasteiger partial charge in [-0.3, -0.25) is 14.7 Å². The molecule has 1 unspecified atom stereocenters. The number of nitrogens with one attached hydrogen (secondary N) is 1. The zero-order chi connectivity index (χ0) is 9.07. The van der Waals surface area contributed by atoms with Crippen molar-refractivity contribution in [3.8, 4) is 0 Å². The SMILES string of the molecule is CC(=O)CNC(C)S(=O)(=O)O.[H-].[Na+]. The molecule has 0 radical (unpaired) electrons. The van der Waals surface area contributed by atoms with Gasteiger partial charge in [0.1, 0.15) is 11.2 Å². The van der Waals surface area contributed by atoms with Crippen molar-refractivity contribution in [1.29, 1.82) is 0 Å². The average molecular weight is 205 g/mol. The van der Waals surface area contributed by atoms with E-state index in [9.17, 15) is 13.2 Å². The molecule has 0 aliphatic rings. The van der Waals surface area contributed by atoms with Crippen LogP contribution in [0.3, 0.4) is 0 Å². The third-order valence-corrected chi connectivity index (χ3v) is 2.15. The number of hydrogen-bond acceptors (Lipinski definition) is 4. The first-order chi connectivity index (χ1) is 4.84. The van der Waals surface area contributed by atoms with E-state index in [1.807, 2.05) is 0 Å². The molecule has 0 spiro atoms. The van der Waals surface area contributed by atoms with Crippen LogP contribution >= 0.6 is 0 Å². The minimum Gasteiger partial charge on any atom is -1.00 e. The molecule has 0 bridgehead atoms. The number of Topliss-reactive ketones (excluding diaryl/α,β-unsaturated/α-hetero) is 1. The summed E-state index contributed by atoms with van der Waals surface area (Å²) in [6.07, 6.45) is 0. The van der Waals surface area contributed by atoms with Crippen molar-refractivity contribution in [1.82, 2.24) is 5.32 Å². The maximum Gasteiger partial charge on any atom is 1.00 e. The Labute approximate surface area is 95.4 Å². The largest absolute Gasteiger partial charge is 1.00 e. The van der Waals surface area contributed by atoms with Gasteiger partial charge in [-0.25, -0.2) is 0 Å². The van der Waals surface area contributed by atoms with Gasteiger partial charge in [0, 0.05) is 0 Å². The summed E-state index contributed by atoms with van der Waals surface area (Å²) >= 11 is 0. The van der Waals surface area contributed by atoms with Crippen molar-refractivity contribution in [2.24, 2.45) is 0 Å². The number of ketones is 1. The van der Waals surface area contributed by atoms with E-state index >= 15 is 0 Å². The summed E-state index contributed by atoms with van der Waals surface area (Å²) in [6.45, 7) is 2.53. The molecule has 0 rings (SSSR count). The first kappa shape index (κ1) is 15.0. The van der Waals surface area contributed by atoms with Gasteiger partial charge in [0.05, 0.1) is 6.54 Å². The Kier molecular flexibility index (Phi) is 7.60. The zero-order valence-electron chi connectivity index (χ0n) is 8.36. The maximum atomic E-state index is 10.3. The number of rotatable bonds is 4. The minimum absolute atomic E-state index is 0. The van der Waals surface area contributed by atoms with Crippen LogP contribution in [0.1, 0.15) is 15.3 Å². The predicted molar refractivity (Wildman–Crippen MR) is 40.8 cm³/mol. The second-order valence-corrected chi connectivity index (χ2v) is 3.98. The van der Waals surface area contributed by atoms with Crippen molar-refractivity contribution in [2.75, 3.05) is 6.54 Å². The smallest absolute Gasteiger partial charge is 1.00 e. The average Bonchev–Trinajstić information content (AvgIpc) is 1.80. The van der Waals surface area contributed by atoms with Gasteiger partial charge >= 0.3 is 29.6 Å². The van der Waals surface area contributed by atoms with E-state index in [0.29, 0.717) is 0 Å². The van der Waals surface area contributed by atoms with E-state index in [-0.39, 0.29) is 43.3 Å². The molecule has 1 atom stereocenters. The monoisotopic (exact) mass is 205 g/mol. The fourth-order valence-corrected chi connectivity index (χ4v) is 0.687. The molecule has 0 aliphatic carbocycles. The molecule has 0 saturated carbocycles. The van der Waals surface area contributed by atoms with Crippen molar-refractivity contribution in [3.63, 3.8) is 0 Å². The van der Waals surface area contributed by atoms with Gasteiger partial charge in [0.15, 0.2) is 0 Å². The molecule has 0 heterocycles. The van der Waals surface area contributed by atoms with Gasteiger partial charge in [-0.15, -0.1) is 0 Å². The summed E-state index contributed by atoms with van der Waals surface area (Å²) in [6, 6.07) is 0. The summed E-state index contributed by atoms with van der Waals surface area (Å²) in [5.74, 6) is -0.180. The fraction of sp³-hybridized carbons (Fsp3) is 0.800. The van der Waals surface area contributed by atoms with E-state index < -0.39 is 15.5 Å². The first-order valence-electron chi connectivity index (χ1n) is 3.03.